The zero-order chi connectivity index (χ0) is 10.4. The average molecular weight is 231 g/mol. The van der Waals surface area contributed by atoms with Crippen molar-refractivity contribution in [2.45, 2.75) is 17.7 Å². The average Bonchev–Trinajstić information content (AvgIpc) is 2.59. The van der Waals surface area contributed by atoms with Crippen molar-refractivity contribution in [2.75, 3.05) is 13.2 Å². The number of thiophene rings is 1. The van der Waals surface area contributed by atoms with E-state index in [1.165, 1.54) is 11.3 Å². The number of unbranched alkanes of at least 4 members (excludes halogenated alkanes) is 1. The van der Waals surface area contributed by atoms with Crippen molar-refractivity contribution in [2.24, 2.45) is 0 Å². The fourth-order valence-electron chi connectivity index (χ4n) is 0.971. The lowest BCUT2D eigenvalue weighted by Crippen LogP contribution is -2.23. The molecule has 1 rings (SSSR count). The first kappa shape index (κ1) is 11.6. The number of amides is 1. The van der Waals surface area contributed by atoms with Crippen LogP contribution in [0.3, 0.4) is 0 Å². The molecule has 0 aliphatic rings. The second kappa shape index (κ2) is 6.06. The van der Waals surface area contributed by atoms with Crippen LogP contribution in [0, 0.1) is 0 Å². The Balaban J connectivity index is 2.29. The van der Waals surface area contributed by atoms with E-state index in [-0.39, 0.29) is 12.5 Å². The molecule has 5 heteroatoms. The highest BCUT2D eigenvalue weighted by molar-refractivity contribution is 7.80. The van der Waals surface area contributed by atoms with E-state index in [0.29, 0.717) is 11.4 Å². The highest BCUT2D eigenvalue weighted by atomic mass is 32.1. The number of thiol groups is 1. The minimum Gasteiger partial charge on any atom is -0.396 e. The van der Waals surface area contributed by atoms with E-state index in [4.69, 9.17) is 5.11 Å². The van der Waals surface area contributed by atoms with Crippen LogP contribution in [0.25, 0.3) is 0 Å². The smallest absolute Gasteiger partial charge is 0.261 e. The van der Waals surface area contributed by atoms with Crippen LogP contribution in [-0.2, 0) is 0 Å². The Kier molecular flexibility index (Phi) is 5.00. The molecule has 1 aromatic heterocycles. The monoisotopic (exact) mass is 231 g/mol. The van der Waals surface area contributed by atoms with E-state index in [9.17, 15) is 4.79 Å². The summed E-state index contributed by atoms with van der Waals surface area (Å²) in [6, 6.07) is 1.75. The van der Waals surface area contributed by atoms with E-state index >= 15 is 0 Å². The molecule has 14 heavy (non-hydrogen) atoms. The number of carbonyl (C=O) groups is 1. The predicted molar refractivity (Wildman–Crippen MR) is 60.2 cm³/mol. The van der Waals surface area contributed by atoms with Gasteiger partial charge >= 0.3 is 0 Å². The highest BCUT2D eigenvalue weighted by Crippen LogP contribution is 2.17. The van der Waals surface area contributed by atoms with Crippen molar-refractivity contribution in [1.82, 2.24) is 5.32 Å². The SMILES string of the molecule is O=C(NCCCCO)c1cc(S)cs1. The second-order valence-corrected chi connectivity index (χ2v) is 4.28. The van der Waals surface area contributed by atoms with Crippen LogP contribution >= 0.6 is 24.0 Å². The van der Waals surface area contributed by atoms with Gasteiger partial charge in [0.1, 0.15) is 0 Å². The lowest BCUT2D eigenvalue weighted by molar-refractivity contribution is 0.0956. The van der Waals surface area contributed by atoms with Gasteiger partial charge in [0.05, 0.1) is 4.88 Å². The molecule has 1 amide bonds. The molecule has 1 aromatic rings. The topological polar surface area (TPSA) is 49.3 Å². The number of hydrogen-bond donors (Lipinski definition) is 3. The summed E-state index contributed by atoms with van der Waals surface area (Å²) in [5.41, 5.74) is 0. The Hall–Kier alpha value is -0.520. The number of aliphatic hydroxyl groups is 1. The summed E-state index contributed by atoms with van der Waals surface area (Å²) >= 11 is 5.51. The van der Waals surface area contributed by atoms with Crippen LogP contribution in [-0.4, -0.2) is 24.2 Å². The summed E-state index contributed by atoms with van der Waals surface area (Å²) in [7, 11) is 0. The molecule has 0 aliphatic carbocycles. The maximum absolute atomic E-state index is 11.4. The molecule has 0 aromatic carbocycles. The molecule has 0 saturated heterocycles. The highest BCUT2D eigenvalue weighted by Gasteiger charge is 2.06. The van der Waals surface area contributed by atoms with Gasteiger partial charge in [-0.25, -0.2) is 0 Å². The molecule has 0 aliphatic heterocycles. The van der Waals surface area contributed by atoms with Crippen LogP contribution in [0.2, 0.25) is 0 Å². The molecular weight excluding hydrogens is 218 g/mol. The molecule has 1 heterocycles. The van der Waals surface area contributed by atoms with Crippen molar-refractivity contribution < 1.29 is 9.90 Å². The van der Waals surface area contributed by atoms with Gasteiger partial charge in [-0.1, -0.05) is 0 Å². The third-order valence-electron chi connectivity index (χ3n) is 1.68. The third-order valence-corrected chi connectivity index (χ3v) is 3.04. The molecular formula is C9H13NO2S2. The molecule has 2 N–H and O–H groups in total. The van der Waals surface area contributed by atoms with Crippen LogP contribution in [0.5, 0.6) is 0 Å². The Labute approximate surface area is 92.6 Å². The predicted octanol–water partition coefficient (Wildman–Crippen LogP) is 1.54. The Morgan fingerprint density at radius 3 is 2.93 bits per heavy atom. The summed E-state index contributed by atoms with van der Waals surface area (Å²) in [6.07, 6.45) is 1.53. The van der Waals surface area contributed by atoms with Gasteiger partial charge in [-0.15, -0.1) is 24.0 Å². The van der Waals surface area contributed by atoms with Gasteiger partial charge < -0.3 is 10.4 Å². The molecule has 3 nitrogen and oxygen atoms in total. The first-order chi connectivity index (χ1) is 6.74. The fourth-order valence-corrected chi connectivity index (χ4v) is 2.04. The molecule has 0 atom stereocenters. The van der Waals surface area contributed by atoms with Gasteiger partial charge in [0, 0.05) is 23.4 Å². The van der Waals surface area contributed by atoms with Gasteiger partial charge in [-0.2, -0.15) is 0 Å². The first-order valence-electron chi connectivity index (χ1n) is 4.40. The zero-order valence-corrected chi connectivity index (χ0v) is 9.40. The van der Waals surface area contributed by atoms with Crippen LogP contribution in [0.15, 0.2) is 16.3 Å². The maximum Gasteiger partial charge on any atom is 0.261 e. The second-order valence-electron chi connectivity index (χ2n) is 2.86. The van der Waals surface area contributed by atoms with Crippen LogP contribution in [0.1, 0.15) is 22.5 Å². The van der Waals surface area contributed by atoms with Gasteiger partial charge in [0.25, 0.3) is 5.91 Å². The van der Waals surface area contributed by atoms with Gasteiger partial charge in [-0.3, -0.25) is 4.79 Å². The standard InChI is InChI=1S/C9H13NO2S2/c11-4-2-1-3-10-9(12)8-5-7(13)6-14-8/h5-6,11,13H,1-4H2,(H,10,12). The van der Waals surface area contributed by atoms with Gasteiger partial charge in [0.15, 0.2) is 0 Å². The van der Waals surface area contributed by atoms with Crippen molar-refractivity contribution in [3.05, 3.63) is 16.3 Å². The molecule has 0 saturated carbocycles. The Morgan fingerprint density at radius 1 is 1.57 bits per heavy atom. The summed E-state index contributed by atoms with van der Waals surface area (Å²) < 4.78 is 0. The lowest BCUT2D eigenvalue weighted by atomic mass is 10.3. The summed E-state index contributed by atoms with van der Waals surface area (Å²) in [4.78, 5) is 12.9. The van der Waals surface area contributed by atoms with Crippen molar-refractivity contribution in [3.63, 3.8) is 0 Å². The van der Waals surface area contributed by atoms with Gasteiger partial charge in [0.2, 0.25) is 0 Å². The van der Waals surface area contributed by atoms with E-state index < -0.39 is 0 Å². The van der Waals surface area contributed by atoms with E-state index in [2.05, 4.69) is 17.9 Å². The number of hydrogen-bond acceptors (Lipinski definition) is 4. The molecule has 0 spiro atoms. The van der Waals surface area contributed by atoms with Crippen molar-refractivity contribution in [3.8, 4) is 0 Å². The number of rotatable bonds is 5. The lowest BCUT2D eigenvalue weighted by Gasteiger charge is -2.01. The first-order valence-corrected chi connectivity index (χ1v) is 5.73. The molecule has 78 valence electrons. The summed E-state index contributed by atoms with van der Waals surface area (Å²) in [5.74, 6) is -0.0618. The minimum absolute atomic E-state index is 0.0618. The van der Waals surface area contributed by atoms with Crippen LogP contribution < -0.4 is 5.32 Å². The van der Waals surface area contributed by atoms with E-state index in [1.54, 1.807) is 6.07 Å². The minimum atomic E-state index is -0.0618. The Bertz CT molecular complexity index is 299. The van der Waals surface area contributed by atoms with Crippen molar-refractivity contribution >= 4 is 29.9 Å². The third kappa shape index (κ3) is 3.69. The maximum atomic E-state index is 11.4. The Morgan fingerprint density at radius 2 is 2.36 bits per heavy atom. The summed E-state index contributed by atoms with van der Waals surface area (Å²) in [5, 5.41) is 13.1. The van der Waals surface area contributed by atoms with E-state index in [1.807, 2.05) is 5.38 Å². The number of nitrogens with one attached hydrogen (secondary N) is 1. The molecule has 0 fully saturated rings. The largest absolute Gasteiger partial charge is 0.396 e. The normalized spacial score (nSPS) is 10.1. The summed E-state index contributed by atoms with van der Waals surface area (Å²) in [6.45, 7) is 0.787. The molecule has 0 radical (unpaired) electrons. The number of aliphatic hydroxyl groups excluding tert-OH is 1. The molecule has 0 unspecified atom stereocenters. The number of carbonyl (C=O) groups excluding carboxylic acids is 1. The van der Waals surface area contributed by atoms with Crippen LogP contribution in [0.4, 0.5) is 0 Å². The zero-order valence-electron chi connectivity index (χ0n) is 7.69. The fraction of sp³-hybridized carbons (Fsp3) is 0.444. The quantitative estimate of drug-likeness (QED) is 0.532. The van der Waals surface area contributed by atoms with Gasteiger partial charge in [-0.05, 0) is 18.9 Å². The molecule has 0 bridgehead atoms. The van der Waals surface area contributed by atoms with Crippen molar-refractivity contribution in [1.29, 1.82) is 0 Å². The van der Waals surface area contributed by atoms with E-state index in [0.717, 1.165) is 17.7 Å².